The minimum absolute atomic E-state index is 0.0741. The number of nitrogens with one attached hydrogen (secondary N) is 1. The van der Waals surface area contributed by atoms with Crippen molar-refractivity contribution < 1.29 is 28.3 Å². The predicted octanol–water partition coefficient (Wildman–Crippen LogP) is 1.11. The van der Waals surface area contributed by atoms with E-state index < -0.39 is 15.8 Å². The van der Waals surface area contributed by atoms with Crippen molar-refractivity contribution in [1.29, 1.82) is 0 Å². The number of sulfonamides is 1. The SMILES string of the molecule is CC(C)(C)c1ccc(S(=O)(=O)N=C2C=C3[NH+](CCO)CCO[C@]3(O)c3ccccc32)cc1. The molecule has 32 heavy (non-hydrogen) atoms. The van der Waals surface area contributed by atoms with Crippen LogP contribution in [0.1, 0.15) is 37.5 Å². The zero-order valence-corrected chi connectivity index (χ0v) is 19.3. The maximum Gasteiger partial charge on any atom is 0.282 e. The predicted molar refractivity (Wildman–Crippen MR) is 121 cm³/mol. The summed E-state index contributed by atoms with van der Waals surface area (Å²) >= 11 is 0. The topological polar surface area (TPSA) is 101 Å². The lowest BCUT2D eigenvalue weighted by Gasteiger charge is -2.41. The van der Waals surface area contributed by atoms with Crippen LogP contribution in [-0.2, 0) is 26.0 Å². The molecule has 1 heterocycles. The van der Waals surface area contributed by atoms with Gasteiger partial charge in [0.1, 0.15) is 19.7 Å². The Balaban J connectivity index is 1.82. The highest BCUT2D eigenvalue weighted by Crippen LogP contribution is 2.37. The van der Waals surface area contributed by atoms with Crippen molar-refractivity contribution in [2.24, 2.45) is 4.40 Å². The fourth-order valence-electron chi connectivity index (χ4n) is 4.19. The molecule has 2 aliphatic rings. The molecule has 170 valence electrons. The fraction of sp³-hybridized carbons (Fsp3) is 0.375. The number of nitrogens with zero attached hydrogens (tertiary/aromatic N) is 1. The number of hydrogen-bond acceptors (Lipinski definition) is 5. The van der Waals surface area contributed by atoms with Crippen molar-refractivity contribution in [2.45, 2.75) is 36.9 Å². The molecule has 0 radical (unpaired) electrons. The van der Waals surface area contributed by atoms with E-state index in [-0.39, 0.29) is 22.6 Å². The highest BCUT2D eigenvalue weighted by atomic mass is 32.2. The molecule has 0 aromatic heterocycles. The molecule has 1 aliphatic heterocycles. The van der Waals surface area contributed by atoms with Crippen molar-refractivity contribution in [2.75, 3.05) is 26.3 Å². The van der Waals surface area contributed by atoms with Crippen molar-refractivity contribution >= 4 is 15.7 Å². The van der Waals surface area contributed by atoms with Gasteiger partial charge in [-0.2, -0.15) is 12.8 Å². The summed E-state index contributed by atoms with van der Waals surface area (Å²) in [5.74, 6) is -1.68. The molecule has 8 heteroatoms. The van der Waals surface area contributed by atoms with Crippen molar-refractivity contribution in [3.05, 3.63) is 77.0 Å². The van der Waals surface area contributed by atoms with E-state index in [0.717, 1.165) is 10.5 Å². The van der Waals surface area contributed by atoms with E-state index in [1.807, 2.05) is 0 Å². The molecule has 4 rings (SSSR count). The van der Waals surface area contributed by atoms with Gasteiger partial charge in [0.2, 0.25) is 0 Å². The number of fused-ring (bicyclic) bond motifs is 3. The minimum atomic E-state index is -3.99. The number of quaternary nitrogens is 1. The number of rotatable bonds is 4. The van der Waals surface area contributed by atoms with Gasteiger partial charge in [-0.3, -0.25) is 4.90 Å². The first-order valence-electron chi connectivity index (χ1n) is 10.7. The Bertz CT molecular complexity index is 1180. The molecule has 0 saturated carbocycles. The largest absolute Gasteiger partial charge is 0.391 e. The summed E-state index contributed by atoms with van der Waals surface area (Å²) in [6, 6.07) is 13.7. The molecule has 1 unspecified atom stereocenters. The third kappa shape index (κ3) is 4.04. The van der Waals surface area contributed by atoms with Crippen LogP contribution in [0.4, 0.5) is 0 Å². The molecule has 0 spiro atoms. The maximum atomic E-state index is 13.2. The van der Waals surface area contributed by atoms with Gasteiger partial charge in [-0.05, 0) is 23.1 Å². The Morgan fingerprint density at radius 3 is 2.47 bits per heavy atom. The van der Waals surface area contributed by atoms with Crippen LogP contribution in [0.3, 0.4) is 0 Å². The second-order valence-corrected chi connectivity index (χ2v) is 10.8. The zero-order valence-electron chi connectivity index (χ0n) is 18.5. The van der Waals surface area contributed by atoms with E-state index in [1.165, 1.54) is 0 Å². The van der Waals surface area contributed by atoms with Gasteiger partial charge in [-0.25, -0.2) is 0 Å². The normalized spacial score (nSPS) is 24.6. The third-order valence-corrected chi connectivity index (χ3v) is 7.27. The summed E-state index contributed by atoms with van der Waals surface area (Å²) in [5.41, 5.74) is 2.57. The van der Waals surface area contributed by atoms with E-state index >= 15 is 0 Å². The lowest BCUT2D eigenvalue weighted by Crippen LogP contribution is -3.14. The van der Waals surface area contributed by atoms with Gasteiger partial charge in [0.05, 0.1) is 17.2 Å². The molecule has 2 aromatic rings. The number of allylic oxidation sites excluding steroid dienone is 1. The standard InChI is InChI=1S/C24H28N2O5S/c1-23(2,3)17-8-10-18(11-9-17)32(29,30)25-21-16-22-24(28,20-7-5-4-6-19(20)21)31-15-13-26(22)12-14-27/h4-11,16,27-28H,12-15H2,1-3H3/p+1/t24-/m1/s1. The second kappa shape index (κ2) is 8.20. The van der Waals surface area contributed by atoms with Crippen LogP contribution in [0.15, 0.2) is 69.6 Å². The summed E-state index contributed by atoms with van der Waals surface area (Å²) < 4.78 is 36.2. The summed E-state index contributed by atoms with van der Waals surface area (Å²) in [4.78, 5) is 0.935. The van der Waals surface area contributed by atoms with Crippen LogP contribution in [-0.4, -0.2) is 50.6 Å². The quantitative estimate of drug-likeness (QED) is 0.639. The molecule has 2 aromatic carbocycles. The third-order valence-electron chi connectivity index (χ3n) is 5.96. The molecule has 0 amide bonds. The average Bonchev–Trinajstić information content (AvgIpc) is 2.75. The Kier molecular flexibility index (Phi) is 5.85. The molecule has 1 fully saturated rings. The fourth-order valence-corrected chi connectivity index (χ4v) is 5.19. The Morgan fingerprint density at radius 1 is 1.12 bits per heavy atom. The van der Waals surface area contributed by atoms with Crippen molar-refractivity contribution in [3.8, 4) is 0 Å². The van der Waals surface area contributed by atoms with Gasteiger partial charge in [-0.15, -0.1) is 0 Å². The van der Waals surface area contributed by atoms with E-state index in [2.05, 4.69) is 25.2 Å². The summed E-state index contributed by atoms with van der Waals surface area (Å²) in [7, 11) is -3.99. The highest BCUT2D eigenvalue weighted by Gasteiger charge is 2.49. The molecule has 0 bridgehead atoms. The van der Waals surface area contributed by atoms with Gasteiger partial charge in [-0.1, -0.05) is 57.2 Å². The van der Waals surface area contributed by atoms with Crippen LogP contribution in [0.5, 0.6) is 0 Å². The van der Waals surface area contributed by atoms with Gasteiger partial charge in [0, 0.05) is 17.2 Å². The summed E-state index contributed by atoms with van der Waals surface area (Å²) in [5, 5.41) is 20.9. The molecular weight excluding hydrogens is 428 g/mol. The average molecular weight is 458 g/mol. The van der Waals surface area contributed by atoms with Crippen LogP contribution >= 0.6 is 0 Å². The van der Waals surface area contributed by atoms with E-state index in [9.17, 15) is 18.6 Å². The Hall–Kier alpha value is -2.36. The van der Waals surface area contributed by atoms with Gasteiger partial charge >= 0.3 is 0 Å². The first-order chi connectivity index (χ1) is 15.1. The monoisotopic (exact) mass is 457 g/mol. The maximum absolute atomic E-state index is 13.2. The number of aliphatic hydroxyl groups is 2. The summed E-state index contributed by atoms with van der Waals surface area (Å²) in [6.07, 6.45) is 1.58. The van der Waals surface area contributed by atoms with Crippen LogP contribution in [0.2, 0.25) is 0 Å². The molecule has 2 atom stereocenters. The zero-order chi connectivity index (χ0) is 23.1. The molecule has 7 nitrogen and oxygen atoms in total. The lowest BCUT2D eigenvalue weighted by atomic mass is 9.86. The second-order valence-electron chi connectivity index (χ2n) is 9.15. The number of aliphatic hydroxyl groups excluding tert-OH is 1. The minimum Gasteiger partial charge on any atom is -0.391 e. The smallest absolute Gasteiger partial charge is 0.282 e. The van der Waals surface area contributed by atoms with E-state index in [1.54, 1.807) is 54.6 Å². The molecular formula is C24H29N2O5S+. The van der Waals surface area contributed by atoms with Crippen LogP contribution in [0, 0.1) is 0 Å². The number of ether oxygens (including phenoxy) is 1. The Labute approximate surface area is 188 Å². The molecule has 1 aliphatic carbocycles. The number of hydrogen-bond donors (Lipinski definition) is 3. The highest BCUT2D eigenvalue weighted by molar-refractivity contribution is 7.90. The number of benzene rings is 2. The molecule has 3 N–H and O–H groups in total. The van der Waals surface area contributed by atoms with E-state index in [0.29, 0.717) is 36.5 Å². The van der Waals surface area contributed by atoms with Gasteiger partial charge in [0.25, 0.3) is 15.8 Å². The summed E-state index contributed by atoms with van der Waals surface area (Å²) in [6.45, 7) is 7.35. The van der Waals surface area contributed by atoms with Crippen LogP contribution in [0.25, 0.3) is 0 Å². The van der Waals surface area contributed by atoms with Crippen molar-refractivity contribution in [1.82, 2.24) is 0 Å². The Morgan fingerprint density at radius 2 is 1.81 bits per heavy atom. The number of morpholine rings is 1. The van der Waals surface area contributed by atoms with Gasteiger partial charge in [0.15, 0.2) is 5.70 Å². The van der Waals surface area contributed by atoms with Crippen LogP contribution < -0.4 is 4.90 Å². The lowest BCUT2D eigenvalue weighted by molar-refractivity contribution is -0.882. The van der Waals surface area contributed by atoms with E-state index in [4.69, 9.17) is 4.74 Å². The molecule has 1 saturated heterocycles. The van der Waals surface area contributed by atoms with Crippen molar-refractivity contribution in [3.63, 3.8) is 0 Å². The first kappa shape index (κ1) is 22.8. The van der Waals surface area contributed by atoms with Gasteiger partial charge < -0.3 is 14.9 Å². The first-order valence-corrected chi connectivity index (χ1v) is 12.1.